The fourth-order valence-electron chi connectivity index (χ4n) is 1.96. The molecule has 0 bridgehead atoms. The van der Waals surface area contributed by atoms with Crippen LogP contribution in [0, 0.1) is 0 Å². The minimum absolute atomic E-state index is 0.883. The Kier molecular flexibility index (Phi) is 9.40. The zero-order chi connectivity index (χ0) is 14.1. The van der Waals surface area contributed by atoms with Gasteiger partial charge in [-0.1, -0.05) is 25.7 Å². The molecule has 0 aliphatic carbocycles. The monoisotopic (exact) mass is 296 g/mol. The van der Waals surface area contributed by atoms with Crippen LogP contribution in [0.5, 0.6) is 0 Å². The summed E-state index contributed by atoms with van der Waals surface area (Å²) in [6.07, 6.45) is 17.2. The smallest absolute Gasteiger partial charge is 0.106 e. The second kappa shape index (κ2) is 9.24. The molecule has 2 nitrogen and oxygen atoms in total. The first kappa shape index (κ1) is 18.3. The quantitative estimate of drug-likeness (QED) is 0.431. The van der Waals surface area contributed by atoms with Crippen molar-refractivity contribution in [2.45, 2.75) is 51.4 Å². The van der Waals surface area contributed by atoms with Crippen molar-refractivity contribution in [3.63, 3.8) is 0 Å². The maximum atomic E-state index is 11.5. The van der Waals surface area contributed by atoms with E-state index in [4.69, 9.17) is 0 Å². The molecular formula is C14H32O2S2+2. The third kappa shape index (κ3) is 16.3. The highest BCUT2D eigenvalue weighted by Crippen LogP contribution is 2.11. The first-order chi connectivity index (χ1) is 8.21. The van der Waals surface area contributed by atoms with Crippen LogP contribution in [-0.2, 0) is 28.3 Å². The molecule has 0 aromatic heterocycles. The summed E-state index contributed by atoms with van der Waals surface area (Å²) >= 11 is 0. The first-order valence-corrected chi connectivity index (χ1v) is 12.1. The number of hydrogen-bond acceptors (Lipinski definition) is 2. The average molecular weight is 297 g/mol. The zero-order valence-corrected chi connectivity index (χ0v) is 14.3. The lowest BCUT2D eigenvalue weighted by Gasteiger charge is -2.03. The lowest BCUT2D eigenvalue weighted by atomic mass is 10.1. The molecule has 0 fully saturated rings. The van der Waals surface area contributed by atoms with Gasteiger partial charge in [0.25, 0.3) is 0 Å². The van der Waals surface area contributed by atoms with E-state index in [-0.39, 0.29) is 0 Å². The second-order valence-corrected chi connectivity index (χ2v) is 12.7. The third-order valence-corrected chi connectivity index (χ3v) is 5.57. The van der Waals surface area contributed by atoms with Crippen LogP contribution >= 0.6 is 0 Å². The number of unbranched alkanes of at least 4 members (excludes halogenated alkanes) is 7. The van der Waals surface area contributed by atoms with Crippen molar-refractivity contribution in [2.24, 2.45) is 0 Å². The van der Waals surface area contributed by atoms with Crippen LogP contribution in [0.2, 0.25) is 0 Å². The molecule has 110 valence electrons. The third-order valence-electron chi connectivity index (χ3n) is 3.02. The Labute approximate surface area is 116 Å². The maximum Gasteiger partial charge on any atom is 0.111 e. The van der Waals surface area contributed by atoms with Gasteiger partial charge in [0.1, 0.15) is 36.5 Å². The van der Waals surface area contributed by atoms with Gasteiger partial charge in [-0.05, 0) is 25.7 Å². The van der Waals surface area contributed by atoms with E-state index in [2.05, 4.69) is 0 Å². The Hall–Kier alpha value is 0.300. The second-order valence-electron chi connectivity index (χ2n) is 6.11. The Morgan fingerprint density at radius 2 is 0.722 bits per heavy atom. The van der Waals surface area contributed by atoms with Gasteiger partial charge in [0.2, 0.25) is 0 Å². The molecule has 18 heavy (non-hydrogen) atoms. The van der Waals surface area contributed by atoms with E-state index in [1.165, 1.54) is 38.5 Å². The molecule has 0 unspecified atom stereocenters. The Balaban J connectivity index is 3.17. The molecule has 0 heterocycles. The molecule has 4 heteroatoms. The van der Waals surface area contributed by atoms with Crippen LogP contribution in [-0.4, -0.2) is 36.5 Å². The topological polar surface area (TPSA) is 34.1 Å². The maximum absolute atomic E-state index is 11.5. The SMILES string of the molecule is C[S+](C)(=O)CCCCCCCCCC[S+](C)(C)=O. The van der Waals surface area contributed by atoms with Crippen LogP contribution < -0.4 is 0 Å². The van der Waals surface area contributed by atoms with Crippen LogP contribution in [0.3, 0.4) is 0 Å². The molecule has 0 aliphatic rings. The average Bonchev–Trinajstić information content (AvgIpc) is 2.17. The summed E-state index contributed by atoms with van der Waals surface area (Å²) in [7, 11) is -3.04. The first-order valence-electron chi connectivity index (χ1n) is 7.04. The van der Waals surface area contributed by atoms with E-state index in [1.54, 1.807) is 0 Å². The van der Waals surface area contributed by atoms with Gasteiger partial charge in [0.05, 0.1) is 19.9 Å². The Morgan fingerprint density at radius 1 is 0.500 bits per heavy atom. The van der Waals surface area contributed by atoms with E-state index in [9.17, 15) is 8.42 Å². The lowest BCUT2D eigenvalue weighted by Crippen LogP contribution is -2.10. The van der Waals surface area contributed by atoms with Crippen molar-refractivity contribution >= 4 is 19.9 Å². The lowest BCUT2D eigenvalue weighted by molar-refractivity contribution is 0.570. The molecule has 0 aromatic rings. The molecule has 0 saturated carbocycles. The van der Waals surface area contributed by atoms with Crippen molar-refractivity contribution < 1.29 is 8.42 Å². The summed E-state index contributed by atoms with van der Waals surface area (Å²) in [5.74, 6) is 1.77. The summed E-state index contributed by atoms with van der Waals surface area (Å²) in [6, 6.07) is 0. The molecular weight excluding hydrogens is 264 g/mol. The molecule has 0 spiro atoms. The Morgan fingerprint density at radius 3 is 0.944 bits per heavy atom. The van der Waals surface area contributed by atoms with Gasteiger partial charge in [0.15, 0.2) is 0 Å². The van der Waals surface area contributed by atoms with E-state index < -0.39 is 19.9 Å². The van der Waals surface area contributed by atoms with Crippen LogP contribution in [0.15, 0.2) is 0 Å². The van der Waals surface area contributed by atoms with E-state index in [0.29, 0.717) is 0 Å². The molecule has 0 saturated heterocycles. The highest BCUT2D eigenvalue weighted by atomic mass is 32.2. The van der Waals surface area contributed by atoms with Gasteiger partial charge >= 0.3 is 0 Å². The predicted molar refractivity (Wildman–Crippen MR) is 86.5 cm³/mol. The van der Waals surface area contributed by atoms with Gasteiger partial charge in [-0.2, -0.15) is 0 Å². The summed E-state index contributed by atoms with van der Waals surface area (Å²) in [4.78, 5) is 0. The summed E-state index contributed by atoms with van der Waals surface area (Å²) < 4.78 is 22.9. The molecule has 0 aromatic carbocycles. The highest BCUT2D eigenvalue weighted by molar-refractivity contribution is 8.01. The molecule has 0 rings (SSSR count). The Bertz CT molecular complexity index is 258. The van der Waals surface area contributed by atoms with Crippen molar-refractivity contribution in [3.8, 4) is 0 Å². The number of rotatable bonds is 11. The molecule has 0 radical (unpaired) electrons. The summed E-state index contributed by atoms with van der Waals surface area (Å²) in [6.45, 7) is 0. The fourth-order valence-corrected chi connectivity index (χ4v) is 3.76. The van der Waals surface area contributed by atoms with Crippen molar-refractivity contribution in [1.29, 1.82) is 0 Å². The van der Waals surface area contributed by atoms with Gasteiger partial charge in [-0.15, -0.1) is 8.42 Å². The van der Waals surface area contributed by atoms with Crippen molar-refractivity contribution in [1.82, 2.24) is 0 Å². The van der Waals surface area contributed by atoms with Crippen molar-refractivity contribution in [2.75, 3.05) is 36.5 Å². The predicted octanol–water partition coefficient (Wildman–Crippen LogP) is 3.63. The normalized spacial score (nSPS) is 12.9. The van der Waals surface area contributed by atoms with Gasteiger partial charge in [-0.25, -0.2) is 0 Å². The van der Waals surface area contributed by atoms with E-state index in [1.807, 2.05) is 25.0 Å². The van der Waals surface area contributed by atoms with E-state index >= 15 is 0 Å². The minimum atomic E-state index is -1.52. The number of hydrogen-bond donors (Lipinski definition) is 0. The van der Waals surface area contributed by atoms with Gasteiger partial charge in [-0.3, -0.25) is 0 Å². The standard InChI is InChI=1S/C14H32O2S2/c1-17(2,15)13-11-9-7-5-6-8-10-12-14-18(3,4)16/h5-14H2,1-4H3/q+2. The highest BCUT2D eigenvalue weighted by Gasteiger charge is 2.11. The summed E-state index contributed by atoms with van der Waals surface area (Å²) in [5.41, 5.74) is 0. The van der Waals surface area contributed by atoms with Crippen LogP contribution in [0.1, 0.15) is 51.4 Å². The summed E-state index contributed by atoms with van der Waals surface area (Å²) in [5, 5.41) is 0. The van der Waals surface area contributed by atoms with Crippen molar-refractivity contribution in [3.05, 3.63) is 0 Å². The zero-order valence-electron chi connectivity index (χ0n) is 12.7. The van der Waals surface area contributed by atoms with E-state index in [0.717, 1.165) is 24.3 Å². The van der Waals surface area contributed by atoms with Crippen LogP contribution in [0.25, 0.3) is 0 Å². The fraction of sp³-hybridized carbons (Fsp3) is 1.00. The van der Waals surface area contributed by atoms with Gasteiger partial charge < -0.3 is 0 Å². The van der Waals surface area contributed by atoms with Gasteiger partial charge in [0, 0.05) is 0 Å². The largest absolute Gasteiger partial charge is 0.111 e. The minimum Gasteiger partial charge on any atom is -0.106 e. The van der Waals surface area contributed by atoms with Crippen LogP contribution in [0.4, 0.5) is 0 Å². The molecule has 0 atom stereocenters. The molecule has 0 amide bonds. The molecule has 0 N–H and O–H groups in total. The molecule has 0 aliphatic heterocycles.